The first kappa shape index (κ1) is 28.5. The zero-order valence-electron chi connectivity index (χ0n) is 14.8. The third-order valence-electron chi connectivity index (χ3n) is 4.16. The van der Waals surface area contributed by atoms with E-state index >= 15 is 0 Å². The molecular formula is C10H28N2O12P4. The van der Waals surface area contributed by atoms with Crippen LogP contribution in [0.1, 0.15) is 19.3 Å². The molecule has 0 aromatic rings. The van der Waals surface area contributed by atoms with Crippen molar-refractivity contribution in [3.05, 3.63) is 0 Å². The van der Waals surface area contributed by atoms with Crippen molar-refractivity contribution in [2.75, 3.05) is 31.2 Å². The van der Waals surface area contributed by atoms with Crippen LogP contribution in [0.4, 0.5) is 0 Å². The van der Waals surface area contributed by atoms with Crippen LogP contribution >= 0.6 is 30.4 Å². The molecule has 0 unspecified atom stereocenters. The van der Waals surface area contributed by atoms with E-state index in [1.807, 2.05) is 0 Å². The Morgan fingerprint density at radius 3 is 1.18 bits per heavy atom. The predicted molar refractivity (Wildman–Crippen MR) is 99.9 cm³/mol. The van der Waals surface area contributed by atoms with Crippen molar-refractivity contribution in [1.82, 2.24) is 0 Å². The Bertz CT molecular complexity index is 657. The Balaban J connectivity index is 6.74. The Kier molecular flexibility index (Phi) is 9.95. The van der Waals surface area contributed by atoms with Crippen molar-refractivity contribution in [2.45, 2.75) is 24.8 Å². The zero-order chi connectivity index (χ0) is 22.7. The summed E-state index contributed by atoms with van der Waals surface area (Å²) in [7, 11) is -20.5. The molecule has 0 aromatic heterocycles. The molecule has 0 atom stereocenters. The van der Waals surface area contributed by atoms with E-state index in [1.165, 1.54) is 0 Å². The quantitative estimate of drug-likeness (QED) is 0.104. The molecule has 0 aromatic carbocycles. The van der Waals surface area contributed by atoms with Gasteiger partial charge in [0.05, 0.1) is 24.6 Å². The van der Waals surface area contributed by atoms with Gasteiger partial charge in [-0.3, -0.25) is 18.3 Å². The summed E-state index contributed by atoms with van der Waals surface area (Å²) in [4.78, 5) is 75.2. The molecule has 0 saturated carbocycles. The van der Waals surface area contributed by atoms with Crippen molar-refractivity contribution in [3.63, 3.8) is 0 Å². The summed E-state index contributed by atoms with van der Waals surface area (Å²) >= 11 is 0. The molecule has 0 heterocycles. The highest BCUT2D eigenvalue weighted by atomic mass is 31.2. The highest BCUT2D eigenvalue weighted by Gasteiger charge is 2.58. The van der Waals surface area contributed by atoms with Crippen LogP contribution in [0.3, 0.4) is 0 Å². The fourth-order valence-electron chi connectivity index (χ4n) is 3.29. The summed E-state index contributed by atoms with van der Waals surface area (Å²) in [6, 6.07) is 0. The first-order valence-corrected chi connectivity index (χ1v) is 15.0. The van der Waals surface area contributed by atoms with Crippen molar-refractivity contribution < 1.29 is 57.4 Å². The highest BCUT2D eigenvalue weighted by Crippen LogP contribution is 2.60. The summed E-state index contributed by atoms with van der Waals surface area (Å²) in [5, 5.41) is 0. The molecule has 0 aliphatic heterocycles. The van der Waals surface area contributed by atoms with Crippen LogP contribution in [0.5, 0.6) is 0 Å². The summed E-state index contributed by atoms with van der Waals surface area (Å²) in [5.74, 6) is 0. The van der Waals surface area contributed by atoms with Gasteiger partial charge in [0.15, 0.2) is 0 Å². The topological polar surface area (TPSA) is 282 Å². The second kappa shape index (κ2) is 9.77. The number of unbranched alkanes of at least 4 members (excludes halogenated alkanes) is 1. The predicted octanol–water partition coefficient (Wildman–Crippen LogP) is -1.49. The standard InChI is InChI=1S/C10H28N2O12P4/c11-4-2-1-3-9(5-25(13,14)15,6-26(16,17)18)10(12,7-27(19,20)21)8-28(22,23)24/h1-8,11-12H2,(H2,13,14,15)(H2,16,17,18)(H2,19,20,21)(H2,22,23,24). The maximum absolute atomic E-state index is 11.7. The van der Waals surface area contributed by atoms with Gasteiger partial charge in [-0.05, 0) is 19.4 Å². The van der Waals surface area contributed by atoms with Gasteiger partial charge < -0.3 is 50.6 Å². The zero-order valence-corrected chi connectivity index (χ0v) is 18.4. The fourth-order valence-corrected chi connectivity index (χ4v) is 8.75. The molecule has 0 aliphatic rings. The lowest BCUT2D eigenvalue weighted by Gasteiger charge is -2.49. The van der Waals surface area contributed by atoms with Crippen molar-refractivity contribution in [1.29, 1.82) is 0 Å². The molecule has 14 nitrogen and oxygen atoms in total. The first-order chi connectivity index (χ1) is 12.1. The van der Waals surface area contributed by atoms with Crippen LogP contribution in [0.15, 0.2) is 0 Å². The van der Waals surface area contributed by atoms with Gasteiger partial charge in [-0.25, -0.2) is 0 Å². The van der Waals surface area contributed by atoms with Gasteiger partial charge in [-0.2, -0.15) is 0 Å². The number of hydrogen-bond donors (Lipinski definition) is 10. The van der Waals surface area contributed by atoms with Crippen LogP contribution in [0.2, 0.25) is 0 Å². The molecule has 0 bridgehead atoms. The van der Waals surface area contributed by atoms with Gasteiger partial charge in [0.25, 0.3) is 0 Å². The van der Waals surface area contributed by atoms with E-state index in [2.05, 4.69) is 0 Å². The number of nitrogens with two attached hydrogens (primary N) is 2. The van der Waals surface area contributed by atoms with Crippen LogP contribution in [0.25, 0.3) is 0 Å². The normalized spacial score (nSPS) is 15.1. The molecular weight excluding hydrogens is 464 g/mol. The van der Waals surface area contributed by atoms with Gasteiger partial charge in [-0.15, -0.1) is 0 Å². The van der Waals surface area contributed by atoms with E-state index in [0.29, 0.717) is 0 Å². The fraction of sp³-hybridized carbons (Fsp3) is 1.00. The maximum Gasteiger partial charge on any atom is 0.327 e. The van der Waals surface area contributed by atoms with Gasteiger partial charge >= 0.3 is 30.4 Å². The van der Waals surface area contributed by atoms with Gasteiger partial charge in [0.2, 0.25) is 0 Å². The minimum atomic E-state index is -5.14. The first-order valence-electron chi connectivity index (χ1n) is 7.81. The van der Waals surface area contributed by atoms with Crippen LogP contribution in [0, 0.1) is 5.41 Å². The Morgan fingerprint density at radius 1 is 0.607 bits per heavy atom. The minimum absolute atomic E-state index is 0.0161. The van der Waals surface area contributed by atoms with E-state index in [9.17, 15) is 57.4 Å². The van der Waals surface area contributed by atoms with Crippen LogP contribution in [-0.2, 0) is 18.3 Å². The van der Waals surface area contributed by atoms with Gasteiger partial charge in [0, 0.05) is 11.0 Å². The Hall–Kier alpha value is 0.520. The smallest absolute Gasteiger partial charge is 0.327 e. The van der Waals surface area contributed by atoms with Crippen LogP contribution < -0.4 is 11.5 Å². The molecule has 0 fully saturated rings. The Morgan fingerprint density at radius 2 is 0.929 bits per heavy atom. The second-order valence-corrected chi connectivity index (χ2v) is 13.6. The van der Waals surface area contributed by atoms with Crippen LogP contribution in [-0.4, -0.2) is 75.9 Å². The monoisotopic (exact) mass is 492 g/mol. The van der Waals surface area contributed by atoms with Crippen molar-refractivity contribution >= 4 is 30.4 Å². The molecule has 0 rings (SSSR count). The summed E-state index contributed by atoms with van der Waals surface area (Å²) < 4.78 is 46.6. The maximum atomic E-state index is 11.7. The van der Waals surface area contributed by atoms with E-state index in [1.54, 1.807) is 0 Å². The molecule has 12 N–H and O–H groups in total. The lowest BCUT2D eigenvalue weighted by molar-refractivity contribution is 0.158. The molecule has 0 amide bonds. The van der Waals surface area contributed by atoms with Gasteiger partial charge in [0.1, 0.15) is 0 Å². The van der Waals surface area contributed by atoms with E-state index in [-0.39, 0.29) is 19.4 Å². The molecule has 170 valence electrons. The van der Waals surface area contributed by atoms with E-state index < -0.39 is 72.4 Å². The van der Waals surface area contributed by atoms with E-state index in [4.69, 9.17) is 11.5 Å². The third-order valence-corrected chi connectivity index (χ3v) is 8.15. The lowest BCUT2D eigenvalue weighted by Crippen LogP contribution is -2.63. The molecule has 28 heavy (non-hydrogen) atoms. The SMILES string of the molecule is NCCCCC(CP(=O)(O)O)(CP(=O)(O)O)C(N)(CP(=O)(O)O)CP(=O)(O)O. The summed E-state index contributed by atoms with van der Waals surface area (Å²) in [5.41, 5.74) is 6.17. The average Bonchev–Trinajstić information content (AvgIpc) is 2.29. The summed E-state index contributed by atoms with van der Waals surface area (Å²) in [6.45, 7) is 0.0798. The third kappa shape index (κ3) is 11.1. The second-order valence-electron chi connectivity index (χ2n) is 6.97. The highest BCUT2D eigenvalue weighted by molar-refractivity contribution is 7.54. The van der Waals surface area contributed by atoms with E-state index in [0.717, 1.165) is 0 Å². The number of hydrogen-bond acceptors (Lipinski definition) is 6. The van der Waals surface area contributed by atoms with Crippen molar-refractivity contribution in [2.24, 2.45) is 16.9 Å². The Labute approximate surface area is 161 Å². The average molecular weight is 492 g/mol. The molecule has 0 radical (unpaired) electrons. The summed E-state index contributed by atoms with van der Waals surface area (Å²) in [6.07, 6.45) is -5.89. The molecule has 18 heteroatoms. The number of rotatable bonds is 13. The molecule has 0 aliphatic carbocycles. The largest absolute Gasteiger partial charge is 0.330 e. The lowest BCUT2D eigenvalue weighted by atomic mass is 9.71. The molecule has 0 spiro atoms. The van der Waals surface area contributed by atoms with Gasteiger partial charge in [-0.1, -0.05) is 6.42 Å². The molecule has 0 saturated heterocycles. The van der Waals surface area contributed by atoms with Crippen molar-refractivity contribution in [3.8, 4) is 0 Å². The minimum Gasteiger partial charge on any atom is -0.330 e.